The summed E-state index contributed by atoms with van der Waals surface area (Å²) >= 11 is 0. The lowest BCUT2D eigenvalue weighted by atomic mass is 9.87. The number of nitrogens with one attached hydrogen (secondary N) is 2. The van der Waals surface area contributed by atoms with Crippen LogP contribution < -0.4 is 29.9 Å². The summed E-state index contributed by atoms with van der Waals surface area (Å²) in [7, 11) is 2.92. The average molecular weight is 521 g/mol. The molecule has 0 saturated heterocycles. The van der Waals surface area contributed by atoms with Crippen LogP contribution in [0, 0.1) is 6.92 Å². The van der Waals surface area contributed by atoms with Gasteiger partial charge in [-0.3, -0.25) is 4.79 Å². The number of methoxy groups -OCH3 is 2. The number of hydrogen-bond donors (Lipinski definition) is 3. The number of para-hydroxylation sites is 1. The van der Waals surface area contributed by atoms with Gasteiger partial charge in [-0.25, -0.2) is 4.79 Å². The number of H-pyrrole nitrogens is 1. The van der Waals surface area contributed by atoms with Gasteiger partial charge in [-0.05, 0) is 31.0 Å². The Labute approximate surface area is 218 Å². The summed E-state index contributed by atoms with van der Waals surface area (Å²) in [6, 6.07) is 10.9. The Hall–Kier alpha value is -4.60. The number of rotatable bonds is 9. The molecule has 0 bridgehead atoms. The van der Waals surface area contributed by atoms with Gasteiger partial charge >= 0.3 is 5.63 Å². The van der Waals surface area contributed by atoms with Crippen LogP contribution in [0.1, 0.15) is 34.8 Å². The number of aromatic hydroxyl groups is 1. The predicted molar refractivity (Wildman–Crippen MR) is 139 cm³/mol. The minimum atomic E-state index is -0.932. The van der Waals surface area contributed by atoms with Crippen molar-refractivity contribution in [3.05, 3.63) is 75.5 Å². The Morgan fingerprint density at radius 1 is 1.16 bits per heavy atom. The van der Waals surface area contributed by atoms with Crippen LogP contribution in [0.5, 0.6) is 28.7 Å². The highest BCUT2D eigenvalue weighted by molar-refractivity contribution is 5.83. The van der Waals surface area contributed by atoms with E-state index in [1.807, 2.05) is 30.5 Å². The minimum Gasteiger partial charge on any atom is -0.507 e. The van der Waals surface area contributed by atoms with E-state index < -0.39 is 11.5 Å². The molecule has 10 nitrogen and oxygen atoms in total. The van der Waals surface area contributed by atoms with E-state index in [-0.39, 0.29) is 41.9 Å². The molecule has 0 radical (unpaired) electrons. The molecule has 0 unspecified atom stereocenters. The molecule has 3 N–H and O–H groups in total. The summed E-state index contributed by atoms with van der Waals surface area (Å²) in [4.78, 5) is 29.4. The van der Waals surface area contributed by atoms with Crippen LogP contribution in [0.3, 0.4) is 0 Å². The second-order valence-corrected chi connectivity index (χ2v) is 8.93. The van der Waals surface area contributed by atoms with E-state index in [2.05, 4.69) is 10.3 Å². The molecule has 3 heterocycles. The SMILES string of the molecule is COc1cc([C@@H](CC(=O)NCCc2c[nH]c3ccccc23)c2c(O)cc(C)oc2=O)c(OC)c2c1OCO2. The van der Waals surface area contributed by atoms with Crippen LogP contribution in [0.2, 0.25) is 0 Å². The van der Waals surface area contributed by atoms with Gasteiger partial charge in [-0.2, -0.15) is 0 Å². The van der Waals surface area contributed by atoms with Crippen LogP contribution in [-0.2, 0) is 11.2 Å². The smallest absolute Gasteiger partial charge is 0.343 e. The van der Waals surface area contributed by atoms with Crippen LogP contribution >= 0.6 is 0 Å². The number of hydrogen-bond acceptors (Lipinski definition) is 8. The Morgan fingerprint density at radius 2 is 1.95 bits per heavy atom. The van der Waals surface area contributed by atoms with Gasteiger partial charge < -0.3 is 38.8 Å². The molecule has 5 rings (SSSR count). The van der Waals surface area contributed by atoms with Crippen molar-refractivity contribution in [2.24, 2.45) is 0 Å². The van der Waals surface area contributed by atoms with E-state index in [1.165, 1.54) is 20.3 Å². The van der Waals surface area contributed by atoms with Gasteiger partial charge in [0.05, 0.1) is 19.8 Å². The monoisotopic (exact) mass is 520 g/mol. The van der Waals surface area contributed by atoms with E-state index in [1.54, 1.807) is 13.0 Å². The van der Waals surface area contributed by atoms with Crippen molar-refractivity contribution in [2.45, 2.75) is 25.7 Å². The molecule has 4 aromatic rings. The maximum Gasteiger partial charge on any atom is 0.343 e. The summed E-state index contributed by atoms with van der Waals surface area (Å²) in [6.07, 6.45) is 2.37. The molecular formula is C28H28N2O8. The molecule has 1 amide bonds. The molecule has 198 valence electrons. The van der Waals surface area contributed by atoms with Gasteiger partial charge in [0.1, 0.15) is 11.5 Å². The molecule has 0 fully saturated rings. The highest BCUT2D eigenvalue weighted by Crippen LogP contribution is 2.52. The lowest BCUT2D eigenvalue weighted by Gasteiger charge is -2.22. The van der Waals surface area contributed by atoms with Gasteiger partial charge in [-0.1, -0.05) is 18.2 Å². The Bertz CT molecular complexity index is 1550. The first-order valence-electron chi connectivity index (χ1n) is 12.1. The van der Waals surface area contributed by atoms with Crippen molar-refractivity contribution in [2.75, 3.05) is 27.6 Å². The lowest BCUT2D eigenvalue weighted by Crippen LogP contribution is -2.29. The van der Waals surface area contributed by atoms with Crippen LogP contribution in [0.4, 0.5) is 0 Å². The van der Waals surface area contributed by atoms with Gasteiger partial charge in [0.15, 0.2) is 11.5 Å². The van der Waals surface area contributed by atoms with E-state index in [9.17, 15) is 14.7 Å². The van der Waals surface area contributed by atoms with Crippen molar-refractivity contribution >= 4 is 16.8 Å². The zero-order valence-corrected chi connectivity index (χ0v) is 21.3. The third-order valence-electron chi connectivity index (χ3n) is 6.61. The average Bonchev–Trinajstić information content (AvgIpc) is 3.54. The molecule has 2 aromatic heterocycles. The number of benzene rings is 2. The number of carbonyl (C=O) groups excluding carboxylic acids is 1. The highest BCUT2D eigenvalue weighted by atomic mass is 16.7. The zero-order valence-electron chi connectivity index (χ0n) is 21.3. The quantitative estimate of drug-likeness (QED) is 0.304. The van der Waals surface area contributed by atoms with Crippen molar-refractivity contribution in [3.8, 4) is 28.7 Å². The fourth-order valence-corrected chi connectivity index (χ4v) is 4.88. The number of fused-ring (bicyclic) bond motifs is 2. The van der Waals surface area contributed by atoms with E-state index in [4.69, 9.17) is 23.4 Å². The van der Waals surface area contributed by atoms with E-state index in [0.717, 1.165) is 16.5 Å². The normalized spacial score (nSPS) is 12.9. The first-order valence-corrected chi connectivity index (χ1v) is 12.1. The minimum absolute atomic E-state index is 0.0393. The number of aromatic nitrogens is 1. The predicted octanol–water partition coefficient (Wildman–Crippen LogP) is 3.76. The molecule has 0 saturated carbocycles. The molecule has 0 spiro atoms. The van der Waals surface area contributed by atoms with Crippen molar-refractivity contribution < 1.29 is 33.3 Å². The maximum absolute atomic E-state index is 13.2. The van der Waals surface area contributed by atoms with Gasteiger partial charge in [0.25, 0.3) is 0 Å². The zero-order chi connectivity index (χ0) is 26.8. The fraction of sp³-hybridized carbons (Fsp3) is 0.286. The van der Waals surface area contributed by atoms with Crippen LogP contribution in [0.25, 0.3) is 10.9 Å². The Kier molecular flexibility index (Phi) is 6.87. The molecular weight excluding hydrogens is 492 g/mol. The maximum atomic E-state index is 13.2. The van der Waals surface area contributed by atoms with Crippen LogP contribution in [0.15, 0.2) is 51.8 Å². The number of ether oxygens (including phenoxy) is 4. The number of amides is 1. The van der Waals surface area contributed by atoms with Gasteiger partial charge in [-0.15, -0.1) is 0 Å². The third-order valence-corrected chi connectivity index (χ3v) is 6.61. The van der Waals surface area contributed by atoms with Crippen molar-refractivity contribution in [1.82, 2.24) is 10.3 Å². The summed E-state index contributed by atoms with van der Waals surface area (Å²) in [5, 5.41) is 14.8. The molecule has 1 aliphatic heterocycles. The second-order valence-electron chi connectivity index (χ2n) is 8.93. The molecule has 1 aliphatic rings. The molecule has 0 aliphatic carbocycles. The standard InChI is InChI=1S/C28H28N2O8/c1-15-10-21(31)24(28(33)38-15)18(19-11-22(34-2)26-27(25(19)35-3)37-14-36-26)12-23(32)29-9-8-16-13-30-20-7-5-4-6-17(16)20/h4-7,10-11,13,18,30-31H,8-9,12,14H2,1-3H3,(H,29,32)/t18-/m1/s1. The fourth-order valence-electron chi connectivity index (χ4n) is 4.88. The number of aromatic amines is 1. The molecule has 2 aromatic carbocycles. The Morgan fingerprint density at radius 3 is 2.71 bits per heavy atom. The topological polar surface area (TPSA) is 132 Å². The number of aryl methyl sites for hydroxylation is 1. The molecule has 38 heavy (non-hydrogen) atoms. The summed E-state index contributed by atoms with van der Waals surface area (Å²) < 4.78 is 27.6. The summed E-state index contributed by atoms with van der Waals surface area (Å²) in [5.74, 6) is -0.0327. The Balaban J connectivity index is 1.47. The second kappa shape index (κ2) is 10.4. The largest absolute Gasteiger partial charge is 0.507 e. The van der Waals surface area contributed by atoms with Crippen LogP contribution in [-0.4, -0.2) is 43.6 Å². The lowest BCUT2D eigenvalue weighted by molar-refractivity contribution is -0.121. The van der Waals surface area contributed by atoms with Gasteiger partial charge in [0, 0.05) is 47.6 Å². The van der Waals surface area contributed by atoms with E-state index in [0.29, 0.717) is 35.8 Å². The molecule has 10 heteroatoms. The van der Waals surface area contributed by atoms with Crippen molar-refractivity contribution in [3.63, 3.8) is 0 Å². The first kappa shape index (κ1) is 25.1. The third kappa shape index (κ3) is 4.60. The summed E-state index contributed by atoms with van der Waals surface area (Å²) in [6.45, 7) is 1.90. The molecule has 1 atom stereocenters. The van der Waals surface area contributed by atoms with Gasteiger partial charge in [0.2, 0.25) is 24.2 Å². The summed E-state index contributed by atoms with van der Waals surface area (Å²) in [5.41, 5.74) is 1.70. The highest BCUT2D eigenvalue weighted by Gasteiger charge is 2.34. The first-order chi connectivity index (χ1) is 18.4. The van der Waals surface area contributed by atoms with E-state index >= 15 is 0 Å². The number of carbonyl (C=O) groups is 1. The van der Waals surface area contributed by atoms with Crippen molar-refractivity contribution in [1.29, 1.82) is 0 Å².